The summed E-state index contributed by atoms with van der Waals surface area (Å²) in [7, 11) is 0. The van der Waals surface area contributed by atoms with Crippen LogP contribution in [0.1, 0.15) is 22.5 Å². The maximum Gasteiger partial charge on any atom is 0.0998 e. The summed E-state index contributed by atoms with van der Waals surface area (Å²) in [5.41, 5.74) is 5.14. The average molecular weight is 402 g/mol. The van der Waals surface area contributed by atoms with Gasteiger partial charge in [-0.1, -0.05) is 46.9 Å². The Kier molecular flexibility index (Phi) is 5.44. The number of aromatic nitrogens is 1. The van der Waals surface area contributed by atoms with Crippen molar-refractivity contribution in [1.82, 2.24) is 4.57 Å². The van der Waals surface area contributed by atoms with Gasteiger partial charge in [0, 0.05) is 21.4 Å². The third-order valence-corrected chi connectivity index (χ3v) is 4.95. The van der Waals surface area contributed by atoms with E-state index in [2.05, 4.69) is 10.6 Å². The molecule has 0 unspecified atom stereocenters. The molecule has 26 heavy (non-hydrogen) atoms. The summed E-state index contributed by atoms with van der Waals surface area (Å²) in [6, 6.07) is 17.0. The summed E-state index contributed by atoms with van der Waals surface area (Å²) in [5, 5.41) is 11.4. The minimum atomic E-state index is 0.551. The minimum absolute atomic E-state index is 0.551. The number of aryl methyl sites for hydroxylation is 1. The Morgan fingerprint density at radius 3 is 2.38 bits per heavy atom. The molecule has 1 heterocycles. The molecule has 0 spiro atoms. The molecule has 1 aromatic heterocycles. The van der Waals surface area contributed by atoms with Gasteiger partial charge >= 0.3 is 0 Å². The molecule has 0 N–H and O–H groups in total. The fourth-order valence-corrected chi connectivity index (χ4v) is 3.64. The fourth-order valence-electron chi connectivity index (χ4n) is 2.96. The second kappa shape index (κ2) is 7.60. The monoisotopic (exact) mass is 400 g/mol. The number of rotatable bonds is 3. The van der Waals surface area contributed by atoms with E-state index in [0.29, 0.717) is 20.6 Å². The highest BCUT2D eigenvalue weighted by Crippen LogP contribution is 2.30. The number of nitrogens with zero attached hydrogens (tertiary/aromatic N) is 2. The zero-order valence-electron chi connectivity index (χ0n) is 14.2. The van der Waals surface area contributed by atoms with Crippen molar-refractivity contribution in [3.05, 3.63) is 86.1 Å². The Hall–Kier alpha value is -2.18. The van der Waals surface area contributed by atoms with Crippen molar-refractivity contribution in [1.29, 1.82) is 5.26 Å². The lowest BCUT2D eigenvalue weighted by molar-refractivity contribution is 0.965. The molecule has 0 aliphatic heterocycles. The molecular weight excluding hydrogens is 387 g/mol. The van der Waals surface area contributed by atoms with E-state index in [4.69, 9.17) is 34.8 Å². The van der Waals surface area contributed by atoms with Crippen molar-refractivity contribution in [3.63, 3.8) is 0 Å². The van der Waals surface area contributed by atoms with Crippen molar-refractivity contribution < 1.29 is 0 Å². The normalized spacial score (nSPS) is 11.5. The molecule has 0 amide bonds. The maximum atomic E-state index is 9.59. The van der Waals surface area contributed by atoms with Crippen LogP contribution < -0.4 is 0 Å². The average Bonchev–Trinajstić information content (AvgIpc) is 2.87. The van der Waals surface area contributed by atoms with Crippen LogP contribution in [-0.2, 0) is 0 Å². The summed E-state index contributed by atoms with van der Waals surface area (Å²) < 4.78 is 2.05. The lowest BCUT2D eigenvalue weighted by Crippen LogP contribution is -2.00. The first kappa shape index (κ1) is 18.6. The Morgan fingerprint density at radius 2 is 1.73 bits per heavy atom. The van der Waals surface area contributed by atoms with Crippen LogP contribution in [0.5, 0.6) is 0 Å². The number of nitriles is 1. The van der Waals surface area contributed by atoms with Crippen LogP contribution in [0.15, 0.2) is 48.5 Å². The van der Waals surface area contributed by atoms with E-state index in [-0.39, 0.29) is 0 Å². The van der Waals surface area contributed by atoms with Crippen LogP contribution in [0.3, 0.4) is 0 Å². The van der Waals surface area contributed by atoms with Crippen LogP contribution in [0.25, 0.3) is 17.3 Å². The molecule has 0 aliphatic rings. The predicted octanol–water partition coefficient (Wildman–Crippen LogP) is 7.12. The van der Waals surface area contributed by atoms with Gasteiger partial charge in [-0.15, -0.1) is 0 Å². The van der Waals surface area contributed by atoms with Crippen molar-refractivity contribution in [2.24, 2.45) is 0 Å². The molecule has 0 bridgehead atoms. The van der Waals surface area contributed by atoms with E-state index < -0.39 is 0 Å². The topological polar surface area (TPSA) is 28.7 Å². The Labute approximate surface area is 167 Å². The van der Waals surface area contributed by atoms with E-state index in [9.17, 15) is 5.26 Å². The molecule has 0 aliphatic carbocycles. The molecule has 130 valence electrons. The molecule has 3 rings (SSSR count). The number of hydrogen-bond donors (Lipinski definition) is 0. The first-order valence-electron chi connectivity index (χ1n) is 7.93. The summed E-state index contributed by atoms with van der Waals surface area (Å²) in [6.45, 7) is 4.00. The summed E-state index contributed by atoms with van der Waals surface area (Å²) >= 11 is 18.4. The molecular formula is C21H15Cl3N2. The fraction of sp³-hybridized carbons (Fsp3) is 0.0952. The Balaban J connectivity index is 2.12. The molecule has 2 aromatic carbocycles. The first-order valence-corrected chi connectivity index (χ1v) is 9.06. The largest absolute Gasteiger partial charge is 0.316 e. The predicted molar refractivity (Wildman–Crippen MR) is 110 cm³/mol. The van der Waals surface area contributed by atoms with Gasteiger partial charge in [0.25, 0.3) is 0 Å². The van der Waals surface area contributed by atoms with E-state index in [1.807, 2.05) is 50.3 Å². The second-order valence-corrected chi connectivity index (χ2v) is 7.22. The van der Waals surface area contributed by atoms with Gasteiger partial charge in [0.05, 0.1) is 22.4 Å². The third-order valence-electron chi connectivity index (χ3n) is 4.18. The number of benzene rings is 2. The standard InChI is InChI=1S/C21H15Cl3N2/c1-13-8-16(9-17(12-25)15-4-3-5-18(22)10-15)14(2)26(13)21-7-6-19(23)11-20(21)24/h3-11H,1-2H3/b17-9-. The second-order valence-electron chi connectivity index (χ2n) is 5.94. The maximum absolute atomic E-state index is 9.59. The SMILES string of the molecule is Cc1cc(/C=C(/C#N)c2cccc(Cl)c2)c(C)n1-c1ccc(Cl)cc1Cl. The van der Waals surface area contributed by atoms with Crippen LogP contribution in [0.2, 0.25) is 15.1 Å². The molecule has 0 fully saturated rings. The van der Waals surface area contributed by atoms with E-state index in [0.717, 1.165) is 28.2 Å². The van der Waals surface area contributed by atoms with Gasteiger partial charge in [0.2, 0.25) is 0 Å². The van der Waals surface area contributed by atoms with E-state index in [1.54, 1.807) is 18.2 Å². The van der Waals surface area contributed by atoms with E-state index in [1.165, 1.54) is 0 Å². The minimum Gasteiger partial charge on any atom is -0.316 e. The molecule has 0 atom stereocenters. The molecule has 3 aromatic rings. The van der Waals surface area contributed by atoms with Gasteiger partial charge in [0.1, 0.15) is 0 Å². The van der Waals surface area contributed by atoms with Gasteiger partial charge < -0.3 is 4.57 Å². The van der Waals surface area contributed by atoms with Gasteiger partial charge in [-0.05, 0) is 67.4 Å². The zero-order valence-corrected chi connectivity index (χ0v) is 16.5. The van der Waals surface area contributed by atoms with Crippen LogP contribution in [0.4, 0.5) is 0 Å². The van der Waals surface area contributed by atoms with Crippen LogP contribution >= 0.6 is 34.8 Å². The highest BCUT2D eigenvalue weighted by molar-refractivity contribution is 6.35. The third kappa shape index (κ3) is 3.66. The number of hydrogen-bond acceptors (Lipinski definition) is 1. The molecule has 0 saturated heterocycles. The van der Waals surface area contributed by atoms with Gasteiger partial charge in [-0.3, -0.25) is 0 Å². The van der Waals surface area contributed by atoms with Gasteiger partial charge in [-0.2, -0.15) is 5.26 Å². The lowest BCUT2D eigenvalue weighted by Gasteiger charge is -2.12. The Bertz CT molecular complexity index is 1060. The highest BCUT2D eigenvalue weighted by Gasteiger charge is 2.13. The molecule has 0 saturated carbocycles. The zero-order chi connectivity index (χ0) is 18.8. The van der Waals surface area contributed by atoms with E-state index >= 15 is 0 Å². The summed E-state index contributed by atoms with van der Waals surface area (Å²) in [4.78, 5) is 0. The Morgan fingerprint density at radius 1 is 1.00 bits per heavy atom. The van der Waals surface area contributed by atoms with Crippen LogP contribution in [-0.4, -0.2) is 4.57 Å². The van der Waals surface area contributed by atoms with Crippen LogP contribution in [0, 0.1) is 25.2 Å². The van der Waals surface area contributed by atoms with Crippen molar-refractivity contribution >= 4 is 46.5 Å². The summed E-state index contributed by atoms with van der Waals surface area (Å²) in [5.74, 6) is 0. The quantitative estimate of drug-likeness (QED) is 0.429. The van der Waals surface area contributed by atoms with Gasteiger partial charge in [0.15, 0.2) is 0 Å². The van der Waals surface area contributed by atoms with Crippen molar-refractivity contribution in [2.45, 2.75) is 13.8 Å². The number of allylic oxidation sites excluding steroid dienone is 1. The molecule has 2 nitrogen and oxygen atoms in total. The van der Waals surface area contributed by atoms with Gasteiger partial charge in [-0.25, -0.2) is 0 Å². The highest BCUT2D eigenvalue weighted by atomic mass is 35.5. The lowest BCUT2D eigenvalue weighted by atomic mass is 10.0. The number of halogens is 3. The first-order chi connectivity index (χ1) is 12.4. The molecule has 5 heteroatoms. The molecule has 0 radical (unpaired) electrons. The van der Waals surface area contributed by atoms with Crippen molar-refractivity contribution in [2.75, 3.05) is 0 Å². The van der Waals surface area contributed by atoms with Crippen molar-refractivity contribution in [3.8, 4) is 11.8 Å². The smallest absolute Gasteiger partial charge is 0.0998 e. The summed E-state index contributed by atoms with van der Waals surface area (Å²) in [6.07, 6.45) is 1.87.